The summed E-state index contributed by atoms with van der Waals surface area (Å²) in [6.45, 7) is 1.49. The third-order valence-electron chi connectivity index (χ3n) is 3.29. The van der Waals surface area contributed by atoms with Gasteiger partial charge in [0, 0.05) is 30.8 Å². The fourth-order valence-corrected chi connectivity index (χ4v) is 2.54. The van der Waals surface area contributed by atoms with E-state index in [2.05, 4.69) is 10.2 Å². The summed E-state index contributed by atoms with van der Waals surface area (Å²) < 4.78 is 0. The molecule has 1 aromatic rings. The Labute approximate surface area is 111 Å². The standard InChI is InChI=1S/C12H16ClN3O2/c1-15-8-12(13)14-7-10(15)6-9-4-2-3-5-11(9)16(17)18/h2-5,10,12,14H,6-8H2,1H3. The largest absolute Gasteiger partial charge is 0.299 e. The average molecular weight is 270 g/mol. The minimum absolute atomic E-state index is 0.0444. The number of likely N-dealkylation sites (N-methyl/N-ethyl adjacent to an activating group) is 1. The number of piperazine rings is 1. The van der Waals surface area contributed by atoms with Crippen LogP contribution in [0, 0.1) is 10.1 Å². The number of nitrogens with one attached hydrogen (secondary N) is 1. The molecule has 0 aliphatic carbocycles. The molecule has 1 aliphatic rings. The van der Waals surface area contributed by atoms with Crippen molar-refractivity contribution >= 4 is 17.3 Å². The molecule has 0 aromatic heterocycles. The van der Waals surface area contributed by atoms with Crippen molar-refractivity contribution in [2.24, 2.45) is 0 Å². The molecule has 0 spiro atoms. The minimum Gasteiger partial charge on any atom is -0.299 e. The van der Waals surface area contributed by atoms with Gasteiger partial charge in [0.2, 0.25) is 0 Å². The van der Waals surface area contributed by atoms with Gasteiger partial charge < -0.3 is 0 Å². The van der Waals surface area contributed by atoms with Gasteiger partial charge in [-0.3, -0.25) is 20.3 Å². The van der Waals surface area contributed by atoms with Crippen LogP contribution in [-0.2, 0) is 6.42 Å². The minimum atomic E-state index is -0.323. The first-order valence-electron chi connectivity index (χ1n) is 5.88. The molecule has 2 rings (SSSR count). The quantitative estimate of drug-likeness (QED) is 0.392. The highest BCUT2D eigenvalue weighted by Crippen LogP contribution is 2.21. The predicted octanol–water partition coefficient (Wildman–Crippen LogP) is 1.61. The van der Waals surface area contributed by atoms with E-state index in [4.69, 9.17) is 11.6 Å². The number of nitrogens with zero attached hydrogens (tertiary/aromatic N) is 2. The zero-order valence-corrected chi connectivity index (χ0v) is 10.9. The second-order valence-electron chi connectivity index (χ2n) is 4.56. The van der Waals surface area contributed by atoms with Crippen molar-refractivity contribution in [3.63, 3.8) is 0 Å². The van der Waals surface area contributed by atoms with E-state index in [9.17, 15) is 10.1 Å². The molecule has 0 bridgehead atoms. The molecule has 1 fully saturated rings. The SMILES string of the molecule is CN1CC(Cl)NCC1Cc1ccccc1[N+](=O)[O-]. The van der Waals surface area contributed by atoms with Crippen molar-refractivity contribution in [2.45, 2.75) is 18.0 Å². The maximum atomic E-state index is 11.0. The van der Waals surface area contributed by atoms with Crippen molar-refractivity contribution in [1.29, 1.82) is 0 Å². The van der Waals surface area contributed by atoms with Gasteiger partial charge >= 0.3 is 0 Å². The van der Waals surface area contributed by atoms with Crippen molar-refractivity contribution < 1.29 is 4.92 Å². The lowest BCUT2D eigenvalue weighted by atomic mass is 10.0. The normalized spacial score (nSPS) is 25.0. The number of nitro benzene ring substituents is 1. The third-order valence-corrected chi connectivity index (χ3v) is 3.58. The Morgan fingerprint density at radius 3 is 2.94 bits per heavy atom. The van der Waals surface area contributed by atoms with Gasteiger partial charge in [0.25, 0.3) is 5.69 Å². The summed E-state index contributed by atoms with van der Waals surface area (Å²) >= 11 is 6.00. The highest BCUT2D eigenvalue weighted by Gasteiger charge is 2.26. The van der Waals surface area contributed by atoms with Gasteiger partial charge in [-0.1, -0.05) is 18.2 Å². The Balaban J connectivity index is 2.12. The van der Waals surface area contributed by atoms with Crippen molar-refractivity contribution in [3.05, 3.63) is 39.9 Å². The number of alkyl halides is 1. The van der Waals surface area contributed by atoms with Gasteiger partial charge in [0.05, 0.1) is 10.4 Å². The average Bonchev–Trinajstić information content (AvgIpc) is 2.33. The Morgan fingerprint density at radius 1 is 1.56 bits per heavy atom. The van der Waals surface area contributed by atoms with E-state index in [0.29, 0.717) is 6.42 Å². The number of nitro groups is 1. The summed E-state index contributed by atoms with van der Waals surface area (Å²) in [5, 5.41) is 14.1. The van der Waals surface area contributed by atoms with Gasteiger partial charge in [-0.15, -0.1) is 11.6 Å². The second kappa shape index (κ2) is 5.65. The fraction of sp³-hybridized carbons (Fsp3) is 0.500. The van der Waals surface area contributed by atoms with E-state index in [0.717, 1.165) is 18.7 Å². The molecule has 2 atom stereocenters. The summed E-state index contributed by atoms with van der Waals surface area (Å²) in [5.41, 5.74) is 0.921. The Kier molecular flexibility index (Phi) is 4.16. The molecule has 6 heteroatoms. The summed E-state index contributed by atoms with van der Waals surface area (Å²) in [6, 6.07) is 7.14. The van der Waals surface area contributed by atoms with E-state index in [-0.39, 0.29) is 22.2 Å². The van der Waals surface area contributed by atoms with Gasteiger partial charge in [0.15, 0.2) is 0 Å². The monoisotopic (exact) mass is 269 g/mol. The first-order valence-corrected chi connectivity index (χ1v) is 6.31. The molecule has 0 amide bonds. The molecule has 1 aromatic carbocycles. The van der Waals surface area contributed by atoms with E-state index in [1.807, 2.05) is 19.2 Å². The molecule has 1 saturated heterocycles. The van der Waals surface area contributed by atoms with Crippen LogP contribution < -0.4 is 5.32 Å². The number of benzene rings is 1. The van der Waals surface area contributed by atoms with Gasteiger partial charge in [-0.2, -0.15) is 0 Å². The molecule has 98 valence electrons. The zero-order chi connectivity index (χ0) is 13.1. The van der Waals surface area contributed by atoms with Gasteiger partial charge in [-0.05, 0) is 13.5 Å². The number of para-hydroxylation sites is 1. The Hall–Kier alpha value is -1.17. The highest BCUT2D eigenvalue weighted by molar-refractivity contribution is 6.20. The highest BCUT2D eigenvalue weighted by atomic mass is 35.5. The smallest absolute Gasteiger partial charge is 0.272 e. The van der Waals surface area contributed by atoms with Crippen LogP contribution in [0.3, 0.4) is 0 Å². The van der Waals surface area contributed by atoms with E-state index in [1.54, 1.807) is 12.1 Å². The maximum absolute atomic E-state index is 11.0. The van der Waals surface area contributed by atoms with Crippen LogP contribution in [0.5, 0.6) is 0 Å². The topological polar surface area (TPSA) is 58.4 Å². The van der Waals surface area contributed by atoms with Crippen LogP contribution in [-0.4, -0.2) is 41.5 Å². The predicted molar refractivity (Wildman–Crippen MR) is 70.9 cm³/mol. The molecular weight excluding hydrogens is 254 g/mol. The van der Waals surface area contributed by atoms with Crippen LogP contribution in [0.4, 0.5) is 5.69 Å². The lowest BCUT2D eigenvalue weighted by Crippen LogP contribution is -2.53. The summed E-state index contributed by atoms with van der Waals surface area (Å²) in [4.78, 5) is 12.8. The first kappa shape index (κ1) is 13.3. The maximum Gasteiger partial charge on any atom is 0.272 e. The van der Waals surface area contributed by atoms with Gasteiger partial charge in [-0.25, -0.2) is 0 Å². The Bertz CT molecular complexity index is 441. The van der Waals surface area contributed by atoms with Crippen LogP contribution in [0.1, 0.15) is 5.56 Å². The molecule has 5 nitrogen and oxygen atoms in total. The Morgan fingerprint density at radius 2 is 2.28 bits per heavy atom. The number of rotatable bonds is 3. The number of halogens is 1. The summed E-state index contributed by atoms with van der Waals surface area (Å²) in [5.74, 6) is 0. The molecular formula is C12H16ClN3O2. The van der Waals surface area contributed by atoms with E-state index in [1.165, 1.54) is 0 Å². The van der Waals surface area contributed by atoms with Crippen LogP contribution >= 0.6 is 11.6 Å². The van der Waals surface area contributed by atoms with E-state index < -0.39 is 0 Å². The van der Waals surface area contributed by atoms with Crippen molar-refractivity contribution in [3.8, 4) is 0 Å². The summed E-state index contributed by atoms with van der Waals surface area (Å²) in [7, 11) is 2.00. The van der Waals surface area contributed by atoms with Crippen molar-refractivity contribution in [1.82, 2.24) is 10.2 Å². The lowest BCUT2D eigenvalue weighted by Gasteiger charge is -2.35. The summed E-state index contributed by atoms with van der Waals surface area (Å²) in [6.07, 6.45) is 0.657. The first-order chi connectivity index (χ1) is 8.58. The molecule has 0 radical (unpaired) electrons. The zero-order valence-electron chi connectivity index (χ0n) is 10.2. The van der Waals surface area contributed by atoms with Crippen LogP contribution in [0.15, 0.2) is 24.3 Å². The molecule has 1 aliphatic heterocycles. The van der Waals surface area contributed by atoms with Crippen LogP contribution in [0.2, 0.25) is 0 Å². The molecule has 0 saturated carbocycles. The van der Waals surface area contributed by atoms with Crippen LogP contribution in [0.25, 0.3) is 0 Å². The molecule has 1 N–H and O–H groups in total. The third kappa shape index (κ3) is 2.98. The number of hydrogen-bond donors (Lipinski definition) is 1. The molecule has 1 heterocycles. The number of hydrogen-bond acceptors (Lipinski definition) is 4. The molecule has 18 heavy (non-hydrogen) atoms. The lowest BCUT2D eigenvalue weighted by molar-refractivity contribution is -0.385. The fourth-order valence-electron chi connectivity index (χ4n) is 2.23. The molecule has 2 unspecified atom stereocenters. The second-order valence-corrected chi connectivity index (χ2v) is 5.09. The van der Waals surface area contributed by atoms with Gasteiger partial charge in [0.1, 0.15) is 0 Å². The van der Waals surface area contributed by atoms with Crippen molar-refractivity contribution in [2.75, 3.05) is 20.1 Å². The van der Waals surface area contributed by atoms with E-state index >= 15 is 0 Å².